The van der Waals surface area contributed by atoms with Crippen molar-refractivity contribution >= 4 is 0 Å². The topological polar surface area (TPSA) is 32.3 Å². The van der Waals surface area contributed by atoms with Gasteiger partial charge in [0, 0.05) is 12.1 Å². The molecule has 1 unspecified atom stereocenters. The fraction of sp³-hybridized carbons (Fsp3) is 0.625. The molecule has 1 saturated carbocycles. The molecule has 1 aromatic carbocycles. The highest BCUT2D eigenvalue weighted by molar-refractivity contribution is 5.28. The Balaban J connectivity index is 1.97. The third-order valence-electron chi connectivity index (χ3n) is 4.27. The van der Waals surface area contributed by atoms with E-state index in [1.807, 2.05) is 12.1 Å². The number of phenols is 1. The highest BCUT2D eigenvalue weighted by Gasteiger charge is 2.23. The average Bonchev–Trinajstić information content (AvgIpc) is 2.91. The lowest BCUT2D eigenvalue weighted by Gasteiger charge is -2.27. The van der Waals surface area contributed by atoms with Crippen LogP contribution in [0.1, 0.15) is 57.6 Å². The molecule has 0 aliphatic heterocycles. The van der Waals surface area contributed by atoms with Gasteiger partial charge in [0.2, 0.25) is 0 Å². The van der Waals surface area contributed by atoms with Crippen LogP contribution < -0.4 is 5.32 Å². The fourth-order valence-corrected chi connectivity index (χ4v) is 3.07. The zero-order chi connectivity index (χ0) is 13.0. The molecule has 0 spiro atoms. The van der Waals surface area contributed by atoms with Crippen molar-refractivity contribution in [3.05, 3.63) is 29.8 Å². The van der Waals surface area contributed by atoms with Crippen LogP contribution >= 0.6 is 0 Å². The zero-order valence-electron chi connectivity index (χ0n) is 11.5. The molecule has 0 heterocycles. The lowest BCUT2D eigenvalue weighted by molar-refractivity contribution is 0.339. The van der Waals surface area contributed by atoms with Crippen LogP contribution in [0.4, 0.5) is 0 Å². The Bertz CT molecular complexity index is 354. The molecule has 0 aromatic heterocycles. The molecule has 1 aliphatic rings. The Morgan fingerprint density at radius 2 is 1.83 bits per heavy atom. The molecule has 1 aliphatic carbocycles. The van der Waals surface area contributed by atoms with Gasteiger partial charge in [-0.25, -0.2) is 0 Å². The van der Waals surface area contributed by atoms with Gasteiger partial charge in [-0.15, -0.1) is 0 Å². The molecule has 2 rings (SSSR count). The van der Waals surface area contributed by atoms with E-state index in [1.165, 1.54) is 31.2 Å². The predicted molar refractivity (Wildman–Crippen MR) is 75.7 cm³/mol. The van der Waals surface area contributed by atoms with Crippen LogP contribution in [0.3, 0.4) is 0 Å². The molecule has 0 saturated heterocycles. The third kappa shape index (κ3) is 3.26. The van der Waals surface area contributed by atoms with Crippen molar-refractivity contribution < 1.29 is 5.11 Å². The maximum atomic E-state index is 9.35. The van der Waals surface area contributed by atoms with Crippen molar-refractivity contribution in [2.24, 2.45) is 5.92 Å². The smallest absolute Gasteiger partial charge is 0.115 e. The summed E-state index contributed by atoms with van der Waals surface area (Å²) in [5.74, 6) is 1.19. The quantitative estimate of drug-likeness (QED) is 0.824. The van der Waals surface area contributed by atoms with Crippen LogP contribution in [0.25, 0.3) is 0 Å². The minimum Gasteiger partial charge on any atom is -0.508 e. The van der Waals surface area contributed by atoms with Crippen molar-refractivity contribution in [1.29, 1.82) is 0 Å². The summed E-state index contributed by atoms with van der Waals surface area (Å²) in [4.78, 5) is 0. The maximum absolute atomic E-state index is 9.35. The molecule has 0 amide bonds. The van der Waals surface area contributed by atoms with Gasteiger partial charge in [-0.1, -0.05) is 31.9 Å². The predicted octanol–water partition coefficient (Wildman–Crippen LogP) is 4.01. The van der Waals surface area contributed by atoms with E-state index in [0.717, 1.165) is 12.3 Å². The zero-order valence-corrected chi connectivity index (χ0v) is 11.5. The van der Waals surface area contributed by atoms with E-state index in [2.05, 4.69) is 19.2 Å². The first-order valence-corrected chi connectivity index (χ1v) is 7.25. The average molecular weight is 247 g/mol. The largest absolute Gasteiger partial charge is 0.508 e. The van der Waals surface area contributed by atoms with Crippen molar-refractivity contribution in [3.63, 3.8) is 0 Å². The summed E-state index contributed by atoms with van der Waals surface area (Å²) in [5.41, 5.74) is 1.28. The molecule has 2 nitrogen and oxygen atoms in total. The lowest BCUT2D eigenvalue weighted by Crippen LogP contribution is -2.35. The normalized spacial score (nSPS) is 19.9. The van der Waals surface area contributed by atoms with Crippen molar-refractivity contribution in [3.8, 4) is 5.75 Å². The fourth-order valence-electron chi connectivity index (χ4n) is 3.07. The molecule has 0 bridgehead atoms. The number of rotatable bonds is 5. The van der Waals surface area contributed by atoms with Gasteiger partial charge in [0.05, 0.1) is 0 Å². The monoisotopic (exact) mass is 247 g/mol. The molecule has 1 fully saturated rings. The van der Waals surface area contributed by atoms with Crippen molar-refractivity contribution in [1.82, 2.24) is 5.32 Å². The van der Waals surface area contributed by atoms with E-state index in [4.69, 9.17) is 0 Å². The number of aromatic hydroxyl groups is 1. The Kier molecular flexibility index (Phi) is 4.65. The maximum Gasteiger partial charge on any atom is 0.115 e. The first-order valence-electron chi connectivity index (χ1n) is 7.25. The number of phenolic OH excluding ortho intramolecular Hbond substituents is 1. The summed E-state index contributed by atoms with van der Waals surface area (Å²) in [7, 11) is 0. The molecule has 2 heteroatoms. The summed E-state index contributed by atoms with van der Waals surface area (Å²) in [6.45, 7) is 4.53. The first kappa shape index (κ1) is 13.4. The molecule has 0 radical (unpaired) electrons. The summed E-state index contributed by atoms with van der Waals surface area (Å²) in [5, 5.41) is 13.1. The third-order valence-corrected chi connectivity index (χ3v) is 4.27. The Morgan fingerprint density at radius 3 is 2.39 bits per heavy atom. The summed E-state index contributed by atoms with van der Waals surface area (Å²) < 4.78 is 0. The SMILES string of the molecule is CCC(N[C@@H](C)C1CCCC1)c1ccc(O)cc1. The second-order valence-electron chi connectivity index (χ2n) is 5.55. The van der Waals surface area contributed by atoms with Crippen LogP contribution in [0.15, 0.2) is 24.3 Å². The van der Waals surface area contributed by atoms with Crippen LogP contribution in [-0.2, 0) is 0 Å². The number of hydrogen-bond donors (Lipinski definition) is 2. The molecule has 1 aromatic rings. The molecule has 100 valence electrons. The van der Waals surface area contributed by atoms with Gasteiger partial charge in [-0.05, 0) is 49.8 Å². The van der Waals surface area contributed by atoms with Crippen LogP contribution in [-0.4, -0.2) is 11.1 Å². The van der Waals surface area contributed by atoms with E-state index in [1.54, 1.807) is 12.1 Å². The summed E-state index contributed by atoms with van der Waals surface area (Å²) >= 11 is 0. The molecule has 2 atom stereocenters. The standard InChI is InChI=1S/C16H25NO/c1-3-16(14-8-10-15(18)11-9-14)17-12(2)13-6-4-5-7-13/h8-13,16-18H,3-7H2,1-2H3/t12-,16?/m0/s1. The van der Waals surface area contributed by atoms with E-state index in [9.17, 15) is 5.11 Å². The Morgan fingerprint density at radius 1 is 1.22 bits per heavy atom. The minimum absolute atomic E-state index is 0.345. The van der Waals surface area contributed by atoms with Crippen LogP contribution in [0, 0.1) is 5.92 Å². The van der Waals surface area contributed by atoms with E-state index in [-0.39, 0.29) is 0 Å². The van der Waals surface area contributed by atoms with Gasteiger partial charge in [0.25, 0.3) is 0 Å². The van der Waals surface area contributed by atoms with E-state index >= 15 is 0 Å². The number of hydrogen-bond acceptors (Lipinski definition) is 2. The van der Waals surface area contributed by atoms with Crippen molar-refractivity contribution in [2.75, 3.05) is 0 Å². The van der Waals surface area contributed by atoms with Gasteiger partial charge in [-0.3, -0.25) is 0 Å². The second kappa shape index (κ2) is 6.24. The van der Waals surface area contributed by atoms with Gasteiger partial charge >= 0.3 is 0 Å². The molecule has 2 N–H and O–H groups in total. The number of nitrogens with one attached hydrogen (secondary N) is 1. The van der Waals surface area contributed by atoms with Gasteiger partial charge < -0.3 is 10.4 Å². The van der Waals surface area contributed by atoms with Crippen LogP contribution in [0.5, 0.6) is 5.75 Å². The highest BCUT2D eigenvalue weighted by atomic mass is 16.3. The minimum atomic E-state index is 0.345. The molecular formula is C16H25NO. The van der Waals surface area contributed by atoms with Crippen LogP contribution in [0.2, 0.25) is 0 Å². The van der Waals surface area contributed by atoms with Crippen molar-refractivity contribution in [2.45, 2.75) is 58.0 Å². The molecular weight excluding hydrogens is 222 g/mol. The number of benzene rings is 1. The summed E-state index contributed by atoms with van der Waals surface area (Å²) in [6, 6.07) is 8.60. The summed E-state index contributed by atoms with van der Waals surface area (Å²) in [6.07, 6.45) is 6.63. The van der Waals surface area contributed by atoms with Gasteiger partial charge in [0.1, 0.15) is 5.75 Å². The van der Waals surface area contributed by atoms with Gasteiger partial charge in [0.15, 0.2) is 0 Å². The molecule has 18 heavy (non-hydrogen) atoms. The van der Waals surface area contributed by atoms with E-state index in [0.29, 0.717) is 17.8 Å². The first-order chi connectivity index (χ1) is 8.70. The second-order valence-corrected chi connectivity index (χ2v) is 5.55. The lowest BCUT2D eigenvalue weighted by atomic mass is 9.96. The highest BCUT2D eigenvalue weighted by Crippen LogP contribution is 2.29. The Labute approximate surface area is 110 Å². The Hall–Kier alpha value is -1.02. The van der Waals surface area contributed by atoms with Gasteiger partial charge in [-0.2, -0.15) is 0 Å². The van der Waals surface area contributed by atoms with E-state index < -0.39 is 0 Å².